The number of benzene rings is 2. The van der Waals surface area contributed by atoms with Gasteiger partial charge in [-0.05, 0) is 66.8 Å². The van der Waals surface area contributed by atoms with Gasteiger partial charge in [-0.1, -0.05) is 39.5 Å². The second-order valence-corrected chi connectivity index (χ2v) is 7.79. The van der Waals surface area contributed by atoms with Gasteiger partial charge < -0.3 is 14.8 Å². The van der Waals surface area contributed by atoms with Crippen molar-refractivity contribution in [2.24, 2.45) is 0 Å². The molecule has 0 heterocycles. The quantitative estimate of drug-likeness (QED) is 0.672. The fraction of sp³-hybridized carbons (Fsp3) is 0.348. The lowest BCUT2D eigenvalue weighted by Gasteiger charge is -2.20. The molecule has 144 valence electrons. The van der Waals surface area contributed by atoms with Crippen LogP contribution in [0.5, 0.6) is 11.5 Å². The summed E-state index contributed by atoms with van der Waals surface area (Å²) >= 11 is 0. The van der Waals surface area contributed by atoms with Crippen molar-refractivity contribution >= 4 is 11.6 Å². The molecule has 0 spiro atoms. The van der Waals surface area contributed by atoms with Crippen LogP contribution in [0, 0.1) is 0 Å². The van der Waals surface area contributed by atoms with Crippen molar-refractivity contribution in [3.05, 3.63) is 66.2 Å². The minimum absolute atomic E-state index is 0.0851. The number of carbonyl (C=O) groups is 1. The SMILES string of the molecule is C=C(C)COc1ccc(NC(=O)C(C)Oc2ccc(C(C)(C)C)cc2)cc1. The topological polar surface area (TPSA) is 47.6 Å². The van der Waals surface area contributed by atoms with Gasteiger partial charge in [0, 0.05) is 5.69 Å². The summed E-state index contributed by atoms with van der Waals surface area (Å²) in [5.74, 6) is 1.21. The fourth-order valence-corrected chi connectivity index (χ4v) is 2.38. The first-order chi connectivity index (χ1) is 12.6. The number of anilines is 1. The van der Waals surface area contributed by atoms with Gasteiger partial charge >= 0.3 is 0 Å². The van der Waals surface area contributed by atoms with Crippen LogP contribution in [0.25, 0.3) is 0 Å². The molecule has 4 nitrogen and oxygen atoms in total. The number of nitrogens with one attached hydrogen (secondary N) is 1. The second kappa shape index (κ2) is 8.76. The number of ether oxygens (including phenoxy) is 2. The zero-order chi connectivity index (χ0) is 20.0. The van der Waals surface area contributed by atoms with Crippen LogP contribution >= 0.6 is 0 Å². The first-order valence-electron chi connectivity index (χ1n) is 9.10. The number of hydrogen-bond donors (Lipinski definition) is 1. The van der Waals surface area contributed by atoms with E-state index in [4.69, 9.17) is 9.47 Å². The van der Waals surface area contributed by atoms with Crippen molar-refractivity contribution in [1.82, 2.24) is 0 Å². The molecule has 1 unspecified atom stereocenters. The molecule has 4 heteroatoms. The third kappa shape index (κ3) is 6.48. The number of hydrogen-bond acceptors (Lipinski definition) is 3. The zero-order valence-corrected chi connectivity index (χ0v) is 16.8. The van der Waals surface area contributed by atoms with Crippen LogP contribution in [0.1, 0.15) is 40.2 Å². The van der Waals surface area contributed by atoms with Crippen molar-refractivity contribution in [2.75, 3.05) is 11.9 Å². The Balaban J connectivity index is 1.90. The lowest BCUT2D eigenvalue weighted by molar-refractivity contribution is -0.122. The normalized spacial score (nSPS) is 12.2. The van der Waals surface area contributed by atoms with Crippen LogP contribution < -0.4 is 14.8 Å². The highest BCUT2D eigenvalue weighted by molar-refractivity contribution is 5.94. The molecule has 1 N–H and O–H groups in total. The zero-order valence-electron chi connectivity index (χ0n) is 16.8. The Morgan fingerprint density at radius 2 is 1.59 bits per heavy atom. The van der Waals surface area contributed by atoms with E-state index in [0.717, 1.165) is 11.3 Å². The summed E-state index contributed by atoms with van der Waals surface area (Å²) in [6.07, 6.45) is -0.607. The highest BCUT2D eigenvalue weighted by atomic mass is 16.5. The highest BCUT2D eigenvalue weighted by Gasteiger charge is 2.17. The lowest BCUT2D eigenvalue weighted by atomic mass is 9.87. The third-order valence-electron chi connectivity index (χ3n) is 4.01. The van der Waals surface area contributed by atoms with Gasteiger partial charge in [-0.2, -0.15) is 0 Å². The van der Waals surface area contributed by atoms with Gasteiger partial charge in [-0.25, -0.2) is 0 Å². The van der Waals surface area contributed by atoms with Crippen molar-refractivity contribution in [3.63, 3.8) is 0 Å². The van der Waals surface area contributed by atoms with Crippen molar-refractivity contribution < 1.29 is 14.3 Å². The molecule has 1 atom stereocenters. The molecule has 0 aliphatic heterocycles. The molecule has 0 radical (unpaired) electrons. The molecule has 0 aromatic heterocycles. The highest BCUT2D eigenvalue weighted by Crippen LogP contribution is 2.25. The Kier molecular flexibility index (Phi) is 6.67. The van der Waals surface area contributed by atoms with Gasteiger partial charge in [0.25, 0.3) is 5.91 Å². The van der Waals surface area contributed by atoms with Gasteiger partial charge in [-0.3, -0.25) is 4.79 Å². The Bertz CT molecular complexity index is 771. The minimum atomic E-state index is -0.607. The van der Waals surface area contributed by atoms with E-state index < -0.39 is 6.10 Å². The molecular weight excluding hydrogens is 338 g/mol. The molecule has 0 saturated carbocycles. The Hall–Kier alpha value is -2.75. The number of rotatable bonds is 7. The van der Waals surface area contributed by atoms with E-state index >= 15 is 0 Å². The molecule has 0 fully saturated rings. The Morgan fingerprint density at radius 1 is 1.04 bits per heavy atom. The standard InChI is InChI=1S/C23H29NO3/c1-16(2)15-26-20-13-9-19(10-14-20)24-22(25)17(3)27-21-11-7-18(8-12-21)23(4,5)6/h7-14,17H,1,15H2,2-6H3,(H,24,25). The van der Waals surface area contributed by atoms with Gasteiger partial charge in [-0.15, -0.1) is 0 Å². The molecule has 0 aliphatic rings. The molecule has 0 saturated heterocycles. The first kappa shape index (κ1) is 20.6. The molecule has 1 amide bonds. The smallest absolute Gasteiger partial charge is 0.265 e. The molecule has 27 heavy (non-hydrogen) atoms. The molecule has 2 aromatic rings. The minimum Gasteiger partial charge on any atom is -0.489 e. The van der Waals surface area contributed by atoms with E-state index in [9.17, 15) is 4.79 Å². The van der Waals surface area contributed by atoms with Crippen LogP contribution in [0.3, 0.4) is 0 Å². The van der Waals surface area contributed by atoms with Crippen LogP contribution in [0.15, 0.2) is 60.7 Å². The van der Waals surface area contributed by atoms with Gasteiger partial charge in [0.2, 0.25) is 0 Å². The summed E-state index contributed by atoms with van der Waals surface area (Å²) in [6, 6.07) is 15.1. The Labute approximate surface area is 162 Å². The predicted octanol–water partition coefficient (Wildman–Crippen LogP) is 5.35. The largest absolute Gasteiger partial charge is 0.489 e. The summed E-state index contributed by atoms with van der Waals surface area (Å²) in [6.45, 7) is 14.4. The molecule has 2 rings (SSSR count). The fourth-order valence-electron chi connectivity index (χ4n) is 2.38. The summed E-state index contributed by atoms with van der Waals surface area (Å²) in [7, 11) is 0. The maximum absolute atomic E-state index is 12.4. The van der Waals surface area contributed by atoms with Crippen LogP contribution in [0.2, 0.25) is 0 Å². The molecule has 2 aromatic carbocycles. The monoisotopic (exact) mass is 367 g/mol. The predicted molar refractivity (Wildman–Crippen MR) is 111 cm³/mol. The number of amides is 1. The summed E-state index contributed by atoms with van der Waals surface area (Å²) < 4.78 is 11.3. The van der Waals surface area contributed by atoms with Crippen LogP contribution in [-0.4, -0.2) is 18.6 Å². The van der Waals surface area contributed by atoms with Crippen LogP contribution in [0.4, 0.5) is 5.69 Å². The second-order valence-electron chi connectivity index (χ2n) is 7.79. The first-order valence-corrected chi connectivity index (χ1v) is 9.10. The molecule has 0 bridgehead atoms. The maximum atomic E-state index is 12.4. The van der Waals surface area contributed by atoms with E-state index in [2.05, 4.69) is 32.7 Å². The average Bonchev–Trinajstić information content (AvgIpc) is 2.60. The van der Waals surface area contributed by atoms with Crippen molar-refractivity contribution in [3.8, 4) is 11.5 Å². The molecule has 0 aliphatic carbocycles. The lowest BCUT2D eigenvalue weighted by Crippen LogP contribution is -2.30. The van der Waals surface area contributed by atoms with E-state index in [-0.39, 0.29) is 11.3 Å². The maximum Gasteiger partial charge on any atom is 0.265 e. The molecular formula is C23H29NO3. The summed E-state index contributed by atoms with van der Waals surface area (Å²) in [5.41, 5.74) is 2.96. The summed E-state index contributed by atoms with van der Waals surface area (Å²) in [4.78, 5) is 12.4. The van der Waals surface area contributed by atoms with Gasteiger partial charge in [0.05, 0.1) is 0 Å². The summed E-state index contributed by atoms with van der Waals surface area (Å²) in [5, 5.41) is 2.85. The van der Waals surface area contributed by atoms with Gasteiger partial charge in [0.1, 0.15) is 18.1 Å². The van der Waals surface area contributed by atoms with E-state index in [1.165, 1.54) is 5.56 Å². The van der Waals surface area contributed by atoms with E-state index in [0.29, 0.717) is 18.0 Å². The van der Waals surface area contributed by atoms with Crippen molar-refractivity contribution in [2.45, 2.75) is 46.1 Å². The third-order valence-corrected chi connectivity index (χ3v) is 4.01. The number of carbonyl (C=O) groups excluding carboxylic acids is 1. The van der Waals surface area contributed by atoms with Crippen molar-refractivity contribution in [1.29, 1.82) is 0 Å². The van der Waals surface area contributed by atoms with Gasteiger partial charge in [0.15, 0.2) is 6.10 Å². The van der Waals surface area contributed by atoms with Crippen LogP contribution in [-0.2, 0) is 10.2 Å². The Morgan fingerprint density at radius 3 is 2.11 bits per heavy atom. The van der Waals surface area contributed by atoms with E-state index in [1.54, 1.807) is 19.1 Å². The average molecular weight is 367 g/mol. The van der Waals surface area contributed by atoms with E-state index in [1.807, 2.05) is 43.3 Å².